The summed E-state index contributed by atoms with van der Waals surface area (Å²) in [6, 6.07) is 30.1. The van der Waals surface area contributed by atoms with E-state index in [1.54, 1.807) is 0 Å². The molecule has 8 bridgehead atoms. The molecule has 0 saturated carbocycles. The minimum Gasteiger partial charge on any atom is -0.329 e. The molecular weight excluding hydrogens is 697 g/mol. The molecule has 0 radical (unpaired) electrons. The van der Waals surface area contributed by atoms with Crippen LogP contribution in [0.25, 0.3) is 0 Å². The average Bonchev–Trinajstić information content (AvgIpc) is 3.12. The standard InChI is InChI=1S/C48H60N4O4/c1-45(2,3)49-29-33-13-23-38(24-14-33)42(54)51(47(7,8)9)31-35-17-27-40(28-18-35)44(56)52(48(10,11)12)32-36-19-25-39(26-20-36)43(55)50(46(4,5)6)30-34-15-21-37(22-16-34)41(49)53/h13-28H,29-32H2,1-12H3. The summed E-state index contributed by atoms with van der Waals surface area (Å²) in [5.41, 5.74) is 3.95. The highest BCUT2D eigenvalue weighted by Crippen LogP contribution is 2.27. The Hall–Kier alpha value is -5.24. The lowest BCUT2D eigenvalue weighted by atomic mass is 9.98. The molecule has 7 aliphatic rings. The highest BCUT2D eigenvalue weighted by molar-refractivity contribution is 5.97. The first-order valence-corrected chi connectivity index (χ1v) is 19.6. The molecule has 8 nitrogen and oxygen atoms in total. The van der Waals surface area contributed by atoms with Crippen LogP contribution in [0.4, 0.5) is 0 Å². The maximum absolute atomic E-state index is 14.1. The number of carbonyl (C=O) groups excluding carboxylic acids is 4. The minimum absolute atomic E-state index is 0.0992. The van der Waals surface area contributed by atoms with E-state index in [9.17, 15) is 19.2 Å². The van der Waals surface area contributed by atoms with Crippen LogP contribution in [0.1, 0.15) is 147 Å². The number of carbonyl (C=O) groups is 4. The summed E-state index contributed by atoms with van der Waals surface area (Å²) < 4.78 is 0. The number of benzene rings is 4. The Balaban J connectivity index is 1.57. The smallest absolute Gasteiger partial charge is 0.254 e. The molecule has 0 spiro atoms. The van der Waals surface area contributed by atoms with E-state index in [1.807, 2.05) is 200 Å². The van der Waals surface area contributed by atoms with Crippen molar-refractivity contribution >= 4 is 23.6 Å². The second-order valence-corrected chi connectivity index (χ2v) is 19.0. The van der Waals surface area contributed by atoms with Crippen molar-refractivity contribution in [2.75, 3.05) is 0 Å². The van der Waals surface area contributed by atoms with Crippen molar-refractivity contribution in [3.8, 4) is 0 Å². The summed E-state index contributed by atoms with van der Waals surface area (Å²) in [7, 11) is 0. The molecule has 4 aromatic carbocycles. The van der Waals surface area contributed by atoms with Gasteiger partial charge in [-0.05, 0) is 154 Å². The highest BCUT2D eigenvalue weighted by Gasteiger charge is 2.32. The number of hydrogen-bond acceptors (Lipinski definition) is 4. The van der Waals surface area contributed by atoms with Crippen molar-refractivity contribution in [3.63, 3.8) is 0 Å². The van der Waals surface area contributed by atoms with Gasteiger partial charge in [0.1, 0.15) is 0 Å². The average molecular weight is 757 g/mol. The summed E-state index contributed by atoms with van der Waals surface area (Å²) in [6.45, 7) is 25.7. The monoisotopic (exact) mass is 756 g/mol. The van der Waals surface area contributed by atoms with E-state index >= 15 is 0 Å². The van der Waals surface area contributed by atoms with E-state index in [2.05, 4.69) is 0 Å². The maximum Gasteiger partial charge on any atom is 0.254 e. The summed E-state index contributed by atoms with van der Waals surface area (Å²) >= 11 is 0. The number of hydrogen-bond donors (Lipinski definition) is 0. The van der Waals surface area contributed by atoms with Gasteiger partial charge in [-0.15, -0.1) is 0 Å². The van der Waals surface area contributed by atoms with Gasteiger partial charge < -0.3 is 19.6 Å². The molecule has 7 aliphatic heterocycles. The van der Waals surface area contributed by atoms with E-state index in [-0.39, 0.29) is 23.6 Å². The first-order valence-electron chi connectivity index (χ1n) is 19.6. The third kappa shape index (κ3) is 9.76. The largest absolute Gasteiger partial charge is 0.329 e. The lowest BCUT2D eigenvalue weighted by molar-refractivity contribution is 0.0542. The summed E-state index contributed by atoms with van der Waals surface area (Å²) in [4.78, 5) is 63.7. The van der Waals surface area contributed by atoms with Gasteiger partial charge in [0.25, 0.3) is 23.6 Å². The van der Waals surface area contributed by atoms with Gasteiger partial charge in [0.15, 0.2) is 0 Å². The predicted molar refractivity (Wildman–Crippen MR) is 224 cm³/mol. The van der Waals surface area contributed by atoms with E-state index < -0.39 is 22.2 Å². The molecule has 56 heavy (non-hydrogen) atoms. The first-order chi connectivity index (χ1) is 25.9. The van der Waals surface area contributed by atoms with Crippen LogP contribution in [0.2, 0.25) is 0 Å². The van der Waals surface area contributed by atoms with Crippen molar-refractivity contribution < 1.29 is 19.2 Å². The van der Waals surface area contributed by atoms with Gasteiger partial charge in [-0.3, -0.25) is 19.2 Å². The van der Waals surface area contributed by atoms with E-state index in [1.165, 1.54) is 0 Å². The van der Waals surface area contributed by atoms with E-state index in [4.69, 9.17) is 0 Å². The van der Waals surface area contributed by atoms with Gasteiger partial charge in [-0.2, -0.15) is 0 Å². The van der Waals surface area contributed by atoms with Gasteiger partial charge in [-0.25, -0.2) is 0 Å². The number of amides is 4. The summed E-state index contributed by atoms with van der Waals surface area (Å²) in [5, 5.41) is 0. The normalized spacial score (nSPS) is 15.9. The van der Waals surface area contributed by atoms with Crippen molar-refractivity contribution in [1.29, 1.82) is 0 Å². The van der Waals surface area contributed by atoms with Gasteiger partial charge in [-0.1, -0.05) is 48.5 Å². The van der Waals surface area contributed by atoms with Crippen molar-refractivity contribution in [2.24, 2.45) is 0 Å². The van der Waals surface area contributed by atoms with Crippen LogP contribution in [0, 0.1) is 0 Å². The van der Waals surface area contributed by atoms with Gasteiger partial charge in [0, 0.05) is 70.6 Å². The summed E-state index contributed by atoms with van der Waals surface area (Å²) in [6.07, 6.45) is 0. The van der Waals surface area contributed by atoms with E-state index in [0.29, 0.717) is 48.4 Å². The molecule has 0 aromatic heterocycles. The van der Waals surface area contributed by atoms with Crippen molar-refractivity contribution in [3.05, 3.63) is 142 Å². The van der Waals surface area contributed by atoms with Crippen LogP contribution < -0.4 is 0 Å². The Morgan fingerprint density at radius 3 is 0.554 bits per heavy atom. The molecule has 0 N–H and O–H groups in total. The van der Waals surface area contributed by atoms with Crippen LogP contribution in [-0.2, 0) is 26.2 Å². The molecule has 8 heteroatoms. The van der Waals surface area contributed by atoms with Crippen LogP contribution >= 0.6 is 0 Å². The molecule has 296 valence electrons. The quantitative estimate of drug-likeness (QED) is 0.179. The molecule has 0 unspecified atom stereocenters. The molecule has 0 aliphatic carbocycles. The second-order valence-electron chi connectivity index (χ2n) is 19.0. The molecular formula is C48H60N4O4. The Morgan fingerprint density at radius 1 is 0.286 bits per heavy atom. The zero-order valence-corrected chi connectivity index (χ0v) is 35.5. The van der Waals surface area contributed by atoms with Crippen molar-refractivity contribution in [1.82, 2.24) is 19.6 Å². The number of rotatable bonds is 0. The maximum atomic E-state index is 14.1. The van der Waals surface area contributed by atoms with Gasteiger partial charge in [0.05, 0.1) is 0 Å². The summed E-state index contributed by atoms with van der Waals surface area (Å²) in [5.74, 6) is -0.397. The Labute approximate surface area is 334 Å². The molecule has 0 fully saturated rings. The van der Waals surface area contributed by atoms with Gasteiger partial charge >= 0.3 is 0 Å². The molecule has 4 amide bonds. The first kappa shape index (κ1) is 41.9. The van der Waals surface area contributed by atoms with Crippen LogP contribution in [0.5, 0.6) is 0 Å². The molecule has 4 aromatic rings. The SMILES string of the molecule is CC(C)(C)N1Cc2ccc(cc2)C(=O)N(C(C)(C)C)Cc2ccc(cc2)C(=O)N(C(C)(C)C)Cc2ccc(cc2)C(=O)N(C(C)(C)C)Cc2ccc(cc2)C1=O. The van der Waals surface area contributed by atoms with Crippen LogP contribution in [0.3, 0.4) is 0 Å². The highest BCUT2D eigenvalue weighted by atomic mass is 16.2. The molecule has 11 rings (SSSR count). The Kier molecular flexibility index (Phi) is 11.8. The zero-order valence-electron chi connectivity index (χ0n) is 35.5. The predicted octanol–water partition coefficient (Wildman–Crippen LogP) is 9.76. The second kappa shape index (κ2) is 15.7. The Morgan fingerprint density at radius 2 is 0.429 bits per heavy atom. The van der Waals surface area contributed by atoms with Crippen LogP contribution in [-0.4, -0.2) is 65.4 Å². The van der Waals surface area contributed by atoms with Crippen molar-refractivity contribution in [2.45, 2.75) is 131 Å². The zero-order chi connectivity index (χ0) is 41.4. The minimum atomic E-state index is -0.482. The third-order valence-electron chi connectivity index (χ3n) is 10.4. The van der Waals surface area contributed by atoms with Crippen LogP contribution in [0.15, 0.2) is 97.1 Å². The topological polar surface area (TPSA) is 81.2 Å². The Bertz CT molecular complexity index is 1740. The van der Waals surface area contributed by atoms with Gasteiger partial charge in [0.2, 0.25) is 0 Å². The lowest BCUT2D eigenvalue weighted by Gasteiger charge is -2.37. The fourth-order valence-corrected chi connectivity index (χ4v) is 6.82. The van der Waals surface area contributed by atoms with E-state index in [0.717, 1.165) is 22.3 Å². The lowest BCUT2D eigenvalue weighted by Crippen LogP contribution is -2.46. The third-order valence-corrected chi connectivity index (χ3v) is 10.4. The fraction of sp³-hybridized carbons (Fsp3) is 0.417. The molecule has 0 saturated heterocycles. The number of nitrogens with zero attached hydrogens (tertiary/aromatic N) is 4. The molecule has 7 heterocycles. The molecule has 0 atom stereocenters. The fourth-order valence-electron chi connectivity index (χ4n) is 6.82.